The summed E-state index contributed by atoms with van der Waals surface area (Å²) < 4.78 is 5.82. The number of phenols is 1. The molecule has 0 spiro atoms. The predicted molar refractivity (Wildman–Crippen MR) is 197 cm³/mol. The Labute approximate surface area is 306 Å². The molecule has 4 amide bonds. The summed E-state index contributed by atoms with van der Waals surface area (Å²) >= 11 is 0. The van der Waals surface area contributed by atoms with Crippen LogP contribution in [-0.2, 0) is 24.6 Å². The van der Waals surface area contributed by atoms with Crippen molar-refractivity contribution in [2.45, 2.75) is 38.0 Å². The zero-order chi connectivity index (χ0) is 37.2. The van der Waals surface area contributed by atoms with E-state index in [1.54, 1.807) is 43.3 Å². The number of allylic oxidation sites excluding steroid dienone is 2. The summed E-state index contributed by atoms with van der Waals surface area (Å²) in [5.41, 5.74) is 5.57. The number of rotatable bonds is 8. The van der Waals surface area contributed by atoms with Gasteiger partial charge in [0.15, 0.2) is 11.5 Å². The van der Waals surface area contributed by atoms with Crippen LogP contribution in [0.25, 0.3) is 0 Å². The Hall–Kier alpha value is -5.72. The van der Waals surface area contributed by atoms with E-state index in [1.165, 1.54) is 18.2 Å². The quantitative estimate of drug-likeness (QED) is 0.121. The maximum Gasteiger partial charge on any atom is 0.488 e. The van der Waals surface area contributed by atoms with Crippen LogP contribution in [0.3, 0.4) is 0 Å². The van der Waals surface area contributed by atoms with E-state index in [0.29, 0.717) is 16.8 Å². The fourth-order valence-electron chi connectivity index (χ4n) is 9.18. The van der Waals surface area contributed by atoms with Crippen LogP contribution in [-0.4, -0.2) is 57.5 Å². The smallest absolute Gasteiger partial charge is 0.488 e. The molecule has 4 aromatic carbocycles. The van der Waals surface area contributed by atoms with Crippen LogP contribution < -0.4 is 20.5 Å². The van der Waals surface area contributed by atoms with Crippen LogP contribution in [0, 0.1) is 30.6 Å². The van der Waals surface area contributed by atoms with E-state index >= 15 is 4.79 Å². The van der Waals surface area contributed by atoms with Crippen molar-refractivity contribution in [3.05, 3.63) is 125 Å². The molecule has 4 N–H and O–H groups in total. The SMILES string of the molecule is CCOc1cc([C@H]2C3=CC[C@@H]4C(=O)N(c5cccc(B(O)O)c5)C(=O)[C@@H]4[C@@H]3C[C@H]3C(=O)N(Nc4ccc(C)cc4)C(=O)[C@@]23c2ccccc2)ccc1O. The van der Waals surface area contributed by atoms with Gasteiger partial charge in [-0.15, -0.1) is 0 Å². The van der Waals surface area contributed by atoms with Crippen molar-refractivity contribution in [2.75, 3.05) is 16.9 Å². The van der Waals surface area contributed by atoms with Crippen molar-refractivity contribution in [2.24, 2.45) is 23.7 Å². The molecule has 2 aliphatic heterocycles. The number of amides is 4. The molecule has 0 aromatic heterocycles. The largest absolute Gasteiger partial charge is 0.504 e. The van der Waals surface area contributed by atoms with E-state index in [4.69, 9.17) is 4.74 Å². The van der Waals surface area contributed by atoms with Crippen molar-refractivity contribution in [1.29, 1.82) is 0 Å². The zero-order valence-corrected chi connectivity index (χ0v) is 29.2. The van der Waals surface area contributed by atoms with Crippen LogP contribution in [0.2, 0.25) is 0 Å². The number of hydrogen-bond donors (Lipinski definition) is 4. The number of aryl methyl sites for hydroxylation is 1. The molecule has 268 valence electrons. The van der Waals surface area contributed by atoms with Gasteiger partial charge in [0, 0.05) is 5.92 Å². The lowest BCUT2D eigenvalue weighted by molar-refractivity contribution is -0.138. The van der Waals surface area contributed by atoms with Gasteiger partial charge in [0.25, 0.3) is 11.8 Å². The fraction of sp³-hybridized carbons (Fsp3) is 0.268. The summed E-state index contributed by atoms with van der Waals surface area (Å²) in [6.07, 6.45) is 2.30. The summed E-state index contributed by atoms with van der Waals surface area (Å²) in [5, 5.41) is 31.5. The van der Waals surface area contributed by atoms with E-state index in [2.05, 4.69) is 5.43 Å². The molecule has 6 atom stereocenters. The Bertz CT molecular complexity index is 2170. The van der Waals surface area contributed by atoms with Gasteiger partial charge in [-0.1, -0.05) is 77.9 Å². The van der Waals surface area contributed by atoms with Crippen LogP contribution >= 0.6 is 0 Å². The molecule has 4 aromatic rings. The molecule has 3 fully saturated rings. The molecule has 8 rings (SSSR count). The van der Waals surface area contributed by atoms with E-state index in [1.807, 2.05) is 55.5 Å². The molecule has 2 saturated heterocycles. The molecule has 12 heteroatoms. The number of hydrazine groups is 1. The lowest BCUT2D eigenvalue weighted by atomic mass is 9.49. The van der Waals surface area contributed by atoms with Gasteiger partial charge in [-0.3, -0.25) is 29.5 Å². The number of ether oxygens (including phenoxy) is 1. The van der Waals surface area contributed by atoms with E-state index in [-0.39, 0.29) is 42.1 Å². The molecular weight excluding hydrogens is 673 g/mol. The molecular formula is C41H38BN3O8. The predicted octanol–water partition coefficient (Wildman–Crippen LogP) is 3.97. The fourth-order valence-corrected chi connectivity index (χ4v) is 9.18. The molecule has 0 unspecified atom stereocenters. The topological polar surface area (TPSA) is 157 Å². The number of fused-ring (bicyclic) bond motifs is 4. The highest BCUT2D eigenvalue weighted by Crippen LogP contribution is 2.64. The monoisotopic (exact) mass is 711 g/mol. The zero-order valence-electron chi connectivity index (χ0n) is 29.2. The third kappa shape index (κ3) is 5.27. The number of nitrogens with one attached hydrogen (secondary N) is 1. The van der Waals surface area contributed by atoms with Gasteiger partial charge in [-0.25, -0.2) is 0 Å². The summed E-state index contributed by atoms with van der Waals surface area (Å²) in [6.45, 7) is 4.02. The van der Waals surface area contributed by atoms with Crippen molar-refractivity contribution in [3.63, 3.8) is 0 Å². The maximum absolute atomic E-state index is 15.3. The van der Waals surface area contributed by atoms with Gasteiger partial charge in [-0.2, -0.15) is 5.01 Å². The number of imide groups is 2. The molecule has 0 radical (unpaired) electrons. The average Bonchev–Trinajstić information content (AvgIpc) is 3.54. The van der Waals surface area contributed by atoms with E-state index < -0.39 is 65.8 Å². The second-order valence-electron chi connectivity index (χ2n) is 14.2. The lowest BCUT2D eigenvalue weighted by Crippen LogP contribution is -2.53. The minimum absolute atomic E-state index is 0.0788. The molecule has 1 saturated carbocycles. The van der Waals surface area contributed by atoms with Gasteiger partial charge in [-0.05, 0) is 85.6 Å². The van der Waals surface area contributed by atoms with Crippen LogP contribution in [0.15, 0.2) is 109 Å². The Morgan fingerprint density at radius 2 is 1.62 bits per heavy atom. The number of nitrogens with zero attached hydrogens (tertiary/aromatic N) is 2. The van der Waals surface area contributed by atoms with Crippen LogP contribution in [0.4, 0.5) is 11.4 Å². The molecule has 0 bridgehead atoms. The van der Waals surface area contributed by atoms with Gasteiger partial charge < -0.3 is 19.9 Å². The summed E-state index contributed by atoms with van der Waals surface area (Å²) in [4.78, 5) is 59.9. The highest BCUT2D eigenvalue weighted by atomic mass is 16.5. The number of benzene rings is 4. The van der Waals surface area contributed by atoms with Crippen molar-refractivity contribution >= 4 is 47.6 Å². The third-order valence-electron chi connectivity index (χ3n) is 11.4. The van der Waals surface area contributed by atoms with Gasteiger partial charge in [0.2, 0.25) is 11.8 Å². The minimum Gasteiger partial charge on any atom is -0.504 e. The number of phenolic OH excluding ortho intramolecular Hbond substituents is 1. The Morgan fingerprint density at radius 1 is 0.868 bits per heavy atom. The average molecular weight is 712 g/mol. The number of carbonyl (C=O) groups is 4. The Balaban J connectivity index is 1.31. The van der Waals surface area contributed by atoms with Crippen molar-refractivity contribution < 1.29 is 39.1 Å². The van der Waals surface area contributed by atoms with Crippen LogP contribution in [0.5, 0.6) is 11.5 Å². The normalized spacial score (nSPS) is 26.2. The number of aromatic hydroxyl groups is 1. The minimum atomic E-state index is -1.79. The maximum atomic E-state index is 15.3. The summed E-state index contributed by atoms with van der Waals surface area (Å²) in [5.74, 6) is -5.52. The van der Waals surface area contributed by atoms with Crippen molar-refractivity contribution in [1.82, 2.24) is 5.01 Å². The first-order chi connectivity index (χ1) is 25.6. The first-order valence-electron chi connectivity index (χ1n) is 17.8. The standard InChI is InChI=1S/C41H38BN3O8/c1-3-53-34-20-24(14-19-33(34)46)36-29-17-18-30-35(39(49)44(37(30)47)28-11-7-10-26(21-28)42(51)52)31(29)22-32-38(48)45(43-27-15-12-23(2)13-16-27)40(50)41(32,36)25-8-5-4-6-9-25/h4-17,19-21,30-32,35-36,43,46,51-52H,3,18,22H2,1-2H3/t30-,31+,32-,35-,36-,41+/m0/s1. The second-order valence-corrected chi connectivity index (χ2v) is 14.2. The number of anilines is 2. The third-order valence-corrected chi connectivity index (χ3v) is 11.4. The first-order valence-corrected chi connectivity index (χ1v) is 17.8. The highest BCUT2D eigenvalue weighted by molar-refractivity contribution is 6.58. The molecule has 2 heterocycles. The lowest BCUT2D eigenvalue weighted by Gasteiger charge is -2.50. The molecule has 11 nitrogen and oxygen atoms in total. The molecule has 4 aliphatic rings. The summed E-state index contributed by atoms with van der Waals surface area (Å²) in [7, 11) is -1.79. The number of hydrogen-bond acceptors (Lipinski definition) is 9. The number of carbonyl (C=O) groups excluding carboxylic acids is 4. The second kappa shape index (κ2) is 13.0. The van der Waals surface area contributed by atoms with Gasteiger partial charge in [0.05, 0.1) is 41.2 Å². The Kier molecular flexibility index (Phi) is 8.46. The summed E-state index contributed by atoms with van der Waals surface area (Å²) in [6, 6.07) is 27.6. The first kappa shape index (κ1) is 34.4. The highest BCUT2D eigenvalue weighted by Gasteiger charge is 2.70. The van der Waals surface area contributed by atoms with Gasteiger partial charge >= 0.3 is 7.12 Å². The molecule has 2 aliphatic carbocycles. The van der Waals surface area contributed by atoms with Crippen LogP contribution in [0.1, 0.15) is 42.4 Å². The molecule has 53 heavy (non-hydrogen) atoms. The van der Waals surface area contributed by atoms with E-state index in [0.717, 1.165) is 21.0 Å². The van der Waals surface area contributed by atoms with Gasteiger partial charge in [0.1, 0.15) is 0 Å². The van der Waals surface area contributed by atoms with E-state index in [9.17, 15) is 29.5 Å². The van der Waals surface area contributed by atoms with Crippen molar-refractivity contribution in [3.8, 4) is 11.5 Å². The Morgan fingerprint density at radius 3 is 2.34 bits per heavy atom.